The average Bonchev–Trinajstić information content (AvgIpc) is 4.28. The highest BCUT2D eigenvalue weighted by molar-refractivity contribution is 6.31. The molecule has 10 nitrogen and oxygen atoms in total. The number of aromatic nitrogens is 4. The molecule has 8 bridgehead atoms. The first-order valence-corrected chi connectivity index (χ1v) is 25.9. The van der Waals surface area contributed by atoms with E-state index in [1.165, 1.54) is 0 Å². The number of hydrogen-bond acceptors (Lipinski definition) is 6. The number of rotatable bonds is 13. The highest BCUT2D eigenvalue weighted by atomic mass is 35.5. The number of nitrogens with one attached hydrogen (secondary N) is 3. The van der Waals surface area contributed by atoms with Crippen molar-refractivity contribution in [1.29, 1.82) is 0 Å². The second-order valence-electron chi connectivity index (χ2n) is 18.3. The number of aromatic amines is 2. The number of carbonyl (C=O) groups is 2. The van der Waals surface area contributed by atoms with Gasteiger partial charge in [-0.25, -0.2) is 19.6 Å². The van der Waals surface area contributed by atoms with Crippen LogP contribution in [0.3, 0.4) is 0 Å². The van der Waals surface area contributed by atoms with Crippen LogP contribution in [-0.4, -0.2) is 56.6 Å². The monoisotopic (exact) mass is 1050 g/mol. The lowest BCUT2D eigenvalue weighted by Gasteiger charge is -2.35. The van der Waals surface area contributed by atoms with E-state index in [9.17, 15) is 9.59 Å². The van der Waals surface area contributed by atoms with Gasteiger partial charge in [-0.2, -0.15) is 0 Å². The summed E-state index contributed by atoms with van der Waals surface area (Å²) >= 11 is 19.4. The summed E-state index contributed by atoms with van der Waals surface area (Å²) in [5.74, 6) is 0.256. The molecule has 0 aliphatic carbocycles. The van der Waals surface area contributed by atoms with Gasteiger partial charge in [-0.05, 0) is 152 Å². The minimum atomic E-state index is -0.599. The Bertz CT molecular complexity index is 3710. The van der Waals surface area contributed by atoms with E-state index in [2.05, 4.69) is 63.9 Å². The number of ether oxygens (including phenoxy) is 2. The minimum absolute atomic E-state index is 0.229. The standard InChI is InChI=1S/C62H49Cl3N6O4/c1-3-74-61(72)55-37(2)71(62(73)70-60(55)42-9-5-4-6-10-42)35-7-8-36-75-46-25-17-41(18-26-46)59-53-33-31-51(68-53)57(39-13-21-44(64)22-14-39)49-29-27-47(66-49)56(38-11-19-43(63)20-12-38)48-28-30-50(67-48)58(52-32-34-54(59)69-52)40-15-23-45(65)24-16-40/h4-6,9-34,60,66,69H,3,7-8,35-36H2,1-2H3,(H,70,73). The smallest absolute Gasteiger partial charge is 0.338 e. The van der Waals surface area contributed by atoms with Gasteiger partial charge in [0.05, 0.1) is 47.6 Å². The van der Waals surface area contributed by atoms with Gasteiger partial charge in [0.2, 0.25) is 0 Å². The lowest BCUT2D eigenvalue weighted by Crippen LogP contribution is -2.48. The molecule has 75 heavy (non-hydrogen) atoms. The molecule has 372 valence electrons. The van der Waals surface area contributed by atoms with Gasteiger partial charge in [0.15, 0.2) is 0 Å². The fourth-order valence-electron chi connectivity index (χ4n) is 9.97. The Kier molecular flexibility index (Phi) is 14.0. The molecule has 8 aromatic rings. The quantitative estimate of drug-likeness (QED) is 0.0780. The molecule has 3 aromatic heterocycles. The number of amides is 2. The molecule has 6 heterocycles. The first kappa shape index (κ1) is 49.1. The fourth-order valence-corrected chi connectivity index (χ4v) is 10.3. The molecule has 1 unspecified atom stereocenters. The summed E-state index contributed by atoms with van der Waals surface area (Å²) in [6, 6.07) is 48.4. The number of nitrogens with zero attached hydrogens (tertiary/aromatic N) is 3. The lowest BCUT2D eigenvalue weighted by molar-refractivity contribution is -0.139. The van der Waals surface area contributed by atoms with Gasteiger partial charge in [-0.3, -0.25) is 4.90 Å². The second kappa shape index (κ2) is 21.4. The molecule has 0 fully saturated rings. The van der Waals surface area contributed by atoms with E-state index in [4.69, 9.17) is 54.2 Å². The van der Waals surface area contributed by atoms with E-state index in [1.54, 1.807) is 18.7 Å². The van der Waals surface area contributed by atoms with Crippen molar-refractivity contribution in [3.05, 3.63) is 206 Å². The van der Waals surface area contributed by atoms with Gasteiger partial charge in [-0.1, -0.05) is 114 Å². The van der Waals surface area contributed by atoms with E-state index >= 15 is 0 Å². The van der Waals surface area contributed by atoms with Crippen LogP contribution in [0.25, 0.3) is 90.9 Å². The van der Waals surface area contributed by atoms with Gasteiger partial charge in [0.1, 0.15) is 5.75 Å². The van der Waals surface area contributed by atoms with Crippen LogP contribution >= 0.6 is 34.8 Å². The maximum atomic E-state index is 13.5. The van der Waals surface area contributed by atoms with E-state index in [0.717, 1.165) is 94.9 Å². The molecule has 0 saturated heterocycles. The van der Waals surface area contributed by atoms with Crippen molar-refractivity contribution in [2.45, 2.75) is 32.7 Å². The number of hydrogen-bond donors (Lipinski definition) is 3. The van der Waals surface area contributed by atoms with Crippen LogP contribution in [0.15, 0.2) is 163 Å². The molecular formula is C62H49Cl3N6O4. The minimum Gasteiger partial charge on any atom is -0.494 e. The van der Waals surface area contributed by atoms with Gasteiger partial charge in [0.25, 0.3) is 0 Å². The molecule has 13 heteroatoms. The molecule has 5 aromatic carbocycles. The summed E-state index contributed by atoms with van der Waals surface area (Å²) < 4.78 is 11.7. The van der Waals surface area contributed by atoms with E-state index < -0.39 is 12.0 Å². The van der Waals surface area contributed by atoms with Crippen LogP contribution in [0, 0.1) is 0 Å². The summed E-state index contributed by atoms with van der Waals surface area (Å²) in [5.41, 5.74) is 15.7. The summed E-state index contributed by atoms with van der Waals surface area (Å²) in [5, 5.41) is 4.94. The highest BCUT2D eigenvalue weighted by Crippen LogP contribution is 2.40. The summed E-state index contributed by atoms with van der Waals surface area (Å²) in [6.07, 6.45) is 9.54. The molecule has 3 N–H and O–H groups in total. The SMILES string of the molecule is CCOC(=O)C1=C(C)N(CCCCOc2ccc(-c3c4nc(c(-c5ccc(Cl)cc5)c5ccc([nH]5)c(-c5ccc(Cl)cc5)c5nc(c(-c6ccc(Cl)cc6)c6ccc3[nH]6)C=C5)C=C4)cc2)C(=O)NC1c1ccccc1. The maximum absolute atomic E-state index is 13.5. The summed E-state index contributed by atoms with van der Waals surface area (Å²) in [7, 11) is 0. The van der Waals surface area contributed by atoms with Gasteiger partial charge in [0, 0.05) is 71.6 Å². The van der Waals surface area contributed by atoms with Crippen molar-refractivity contribution in [3.8, 4) is 50.3 Å². The van der Waals surface area contributed by atoms with Crippen LogP contribution in [0.1, 0.15) is 61.1 Å². The Morgan fingerprint density at radius 3 is 1.39 bits per heavy atom. The molecule has 0 spiro atoms. The predicted octanol–water partition coefficient (Wildman–Crippen LogP) is 16.0. The number of benzene rings is 5. The Labute approximate surface area is 449 Å². The number of H-pyrrole nitrogens is 2. The average molecular weight is 1050 g/mol. The molecule has 0 radical (unpaired) electrons. The molecule has 0 saturated carbocycles. The van der Waals surface area contributed by atoms with Crippen LogP contribution in [0.5, 0.6) is 5.75 Å². The third-order valence-corrected chi connectivity index (χ3v) is 14.3. The number of halogens is 3. The molecule has 3 aliphatic rings. The van der Waals surface area contributed by atoms with Gasteiger partial charge >= 0.3 is 12.0 Å². The van der Waals surface area contributed by atoms with Crippen LogP contribution in [0.4, 0.5) is 4.79 Å². The van der Waals surface area contributed by atoms with Crippen molar-refractivity contribution < 1.29 is 19.1 Å². The van der Waals surface area contributed by atoms with Crippen LogP contribution in [-0.2, 0) is 9.53 Å². The normalized spacial score (nSPS) is 14.1. The number of allylic oxidation sites excluding steroid dienone is 1. The van der Waals surface area contributed by atoms with Crippen LogP contribution in [0.2, 0.25) is 15.1 Å². The lowest BCUT2D eigenvalue weighted by atomic mass is 9.95. The van der Waals surface area contributed by atoms with E-state index in [1.807, 2.05) is 127 Å². The highest BCUT2D eigenvalue weighted by Gasteiger charge is 2.36. The molecule has 1 atom stereocenters. The maximum Gasteiger partial charge on any atom is 0.338 e. The zero-order chi connectivity index (χ0) is 51.6. The number of fused-ring (bicyclic) bond motifs is 8. The third-order valence-electron chi connectivity index (χ3n) is 13.6. The zero-order valence-corrected chi connectivity index (χ0v) is 43.2. The predicted molar refractivity (Wildman–Crippen MR) is 304 cm³/mol. The van der Waals surface area contributed by atoms with Crippen molar-refractivity contribution in [2.75, 3.05) is 19.8 Å². The third kappa shape index (κ3) is 10.1. The summed E-state index contributed by atoms with van der Waals surface area (Å²) in [6.45, 7) is 4.63. The van der Waals surface area contributed by atoms with Crippen molar-refractivity contribution >= 4 is 93.2 Å². The molecular weight excluding hydrogens is 999 g/mol. The van der Waals surface area contributed by atoms with Gasteiger partial charge < -0.3 is 24.8 Å². The first-order valence-electron chi connectivity index (χ1n) is 24.8. The van der Waals surface area contributed by atoms with Crippen molar-refractivity contribution in [2.24, 2.45) is 0 Å². The van der Waals surface area contributed by atoms with Crippen molar-refractivity contribution in [1.82, 2.24) is 30.2 Å². The Morgan fingerprint density at radius 1 is 0.560 bits per heavy atom. The number of esters is 1. The molecule has 11 rings (SSSR count). The number of carbonyl (C=O) groups excluding carboxylic acids is 2. The van der Waals surface area contributed by atoms with E-state index in [0.29, 0.717) is 58.1 Å². The summed E-state index contributed by atoms with van der Waals surface area (Å²) in [4.78, 5) is 46.7. The number of urea groups is 1. The Balaban J connectivity index is 0.966. The largest absolute Gasteiger partial charge is 0.494 e. The topological polar surface area (TPSA) is 125 Å². The Morgan fingerprint density at radius 2 is 0.973 bits per heavy atom. The van der Waals surface area contributed by atoms with Gasteiger partial charge in [-0.15, -0.1) is 0 Å². The van der Waals surface area contributed by atoms with E-state index in [-0.39, 0.29) is 12.6 Å². The van der Waals surface area contributed by atoms with Crippen LogP contribution < -0.4 is 10.1 Å². The first-order chi connectivity index (χ1) is 36.6. The van der Waals surface area contributed by atoms with Crippen molar-refractivity contribution in [3.63, 3.8) is 0 Å². The Hall–Kier alpha value is -8.15. The zero-order valence-electron chi connectivity index (χ0n) is 41.0. The second-order valence-corrected chi connectivity index (χ2v) is 19.6. The number of unbranched alkanes of at least 4 members (excludes halogenated alkanes) is 1. The fraction of sp³-hybridized carbons (Fsp3) is 0.129. The molecule has 2 amide bonds. The molecule has 3 aliphatic heterocycles.